The van der Waals surface area contributed by atoms with Crippen molar-refractivity contribution >= 4 is 32.4 Å². The average molecular weight is 478 g/mol. The van der Waals surface area contributed by atoms with E-state index in [1.807, 2.05) is 25.3 Å². The van der Waals surface area contributed by atoms with Crippen LogP contribution < -0.4 is 19.7 Å². The van der Waals surface area contributed by atoms with Gasteiger partial charge in [0.15, 0.2) is 0 Å². The lowest BCUT2D eigenvalue weighted by molar-refractivity contribution is 0.415. The highest BCUT2D eigenvalue weighted by Gasteiger charge is 2.21. The fourth-order valence-corrected chi connectivity index (χ4v) is 5.47. The van der Waals surface area contributed by atoms with Gasteiger partial charge < -0.3 is 19.9 Å². The maximum atomic E-state index is 13.2. The molecule has 0 bridgehead atoms. The van der Waals surface area contributed by atoms with Gasteiger partial charge in [-0.1, -0.05) is 18.2 Å². The third-order valence-corrected chi connectivity index (χ3v) is 7.47. The number of benzene rings is 2. The summed E-state index contributed by atoms with van der Waals surface area (Å²) in [6, 6.07) is 14.5. The second-order valence-corrected chi connectivity index (χ2v) is 10.00. The Morgan fingerprint density at radius 3 is 2.59 bits per heavy atom. The Morgan fingerprint density at radius 1 is 1.09 bits per heavy atom. The minimum Gasteiger partial charge on any atom is -0.497 e. The molecule has 3 heterocycles. The summed E-state index contributed by atoms with van der Waals surface area (Å²) in [5.74, 6) is 0.743. The van der Waals surface area contributed by atoms with Crippen molar-refractivity contribution in [2.75, 3.05) is 42.9 Å². The molecule has 0 spiro atoms. The van der Waals surface area contributed by atoms with E-state index in [0.29, 0.717) is 11.3 Å². The number of aromatic amines is 1. The molecule has 1 saturated heterocycles. The van der Waals surface area contributed by atoms with Gasteiger partial charge in [0.25, 0.3) is 10.0 Å². The van der Waals surface area contributed by atoms with Gasteiger partial charge in [-0.25, -0.2) is 13.4 Å². The predicted molar refractivity (Wildman–Crippen MR) is 135 cm³/mol. The molecule has 176 valence electrons. The van der Waals surface area contributed by atoms with E-state index in [1.165, 1.54) is 0 Å². The third-order valence-electron chi connectivity index (χ3n) is 6.10. The van der Waals surface area contributed by atoms with Gasteiger partial charge in [0.05, 0.1) is 23.1 Å². The van der Waals surface area contributed by atoms with Crippen LogP contribution in [0, 0.1) is 6.92 Å². The van der Waals surface area contributed by atoms with Crippen LogP contribution in [-0.2, 0) is 10.0 Å². The summed E-state index contributed by atoms with van der Waals surface area (Å²) in [4.78, 5) is 10.2. The molecule has 2 aromatic carbocycles. The number of sulfonamides is 1. The molecule has 2 aromatic heterocycles. The SMILES string of the molecule is COc1cc(-c2c[nH]c3ncc(C)c(NS(=O)(=O)c4ccccc4)c23)cc(N2CCNCC2)c1. The monoisotopic (exact) mass is 477 g/mol. The average Bonchev–Trinajstić information content (AvgIpc) is 3.31. The van der Waals surface area contributed by atoms with Crippen LogP contribution >= 0.6 is 0 Å². The number of aryl methyl sites for hydroxylation is 1. The first kappa shape index (κ1) is 22.2. The van der Waals surface area contributed by atoms with Crippen LogP contribution in [0.1, 0.15) is 5.56 Å². The Hall–Kier alpha value is -3.56. The number of aromatic nitrogens is 2. The van der Waals surface area contributed by atoms with Crippen LogP contribution in [0.3, 0.4) is 0 Å². The first-order valence-corrected chi connectivity index (χ1v) is 12.6. The van der Waals surface area contributed by atoms with Crippen molar-refractivity contribution in [1.29, 1.82) is 0 Å². The van der Waals surface area contributed by atoms with E-state index < -0.39 is 10.0 Å². The van der Waals surface area contributed by atoms with Crippen molar-refractivity contribution in [2.45, 2.75) is 11.8 Å². The normalized spacial score (nSPS) is 14.4. The number of hydrogen-bond acceptors (Lipinski definition) is 6. The third kappa shape index (κ3) is 4.20. The quantitative estimate of drug-likeness (QED) is 0.391. The molecule has 1 aliphatic heterocycles. The molecule has 3 N–H and O–H groups in total. The number of nitrogens with zero attached hydrogens (tertiary/aromatic N) is 2. The summed E-state index contributed by atoms with van der Waals surface area (Å²) in [7, 11) is -2.12. The van der Waals surface area contributed by atoms with Crippen molar-refractivity contribution in [3.63, 3.8) is 0 Å². The van der Waals surface area contributed by atoms with Crippen LogP contribution in [0.5, 0.6) is 5.75 Å². The van der Waals surface area contributed by atoms with Gasteiger partial charge in [-0.3, -0.25) is 4.72 Å². The van der Waals surface area contributed by atoms with Crippen LogP contribution in [0.25, 0.3) is 22.2 Å². The number of H-pyrrole nitrogens is 1. The van der Waals surface area contributed by atoms with Crippen molar-refractivity contribution in [1.82, 2.24) is 15.3 Å². The van der Waals surface area contributed by atoms with E-state index in [1.54, 1.807) is 43.6 Å². The topological polar surface area (TPSA) is 99.3 Å². The van der Waals surface area contributed by atoms with E-state index in [9.17, 15) is 8.42 Å². The standard InChI is InChI=1S/C25H27N5O3S/c1-17-15-27-25-23(24(17)29-34(31,32)21-6-4-3-5-7-21)22(16-28-25)18-12-19(14-20(13-18)33-2)30-10-8-26-9-11-30/h3-7,12-16,26H,8-11H2,1-2H3,(H2,27,28,29). The number of fused-ring (bicyclic) bond motifs is 1. The molecule has 34 heavy (non-hydrogen) atoms. The maximum Gasteiger partial charge on any atom is 0.261 e. The second kappa shape index (κ2) is 9.00. The van der Waals surface area contributed by atoms with Gasteiger partial charge in [0.1, 0.15) is 11.4 Å². The summed E-state index contributed by atoms with van der Waals surface area (Å²) in [6.07, 6.45) is 3.54. The van der Waals surface area contributed by atoms with Crippen molar-refractivity contribution in [2.24, 2.45) is 0 Å². The van der Waals surface area contributed by atoms with Gasteiger partial charge >= 0.3 is 0 Å². The van der Waals surface area contributed by atoms with Crippen molar-refractivity contribution < 1.29 is 13.2 Å². The highest BCUT2D eigenvalue weighted by atomic mass is 32.2. The van der Waals surface area contributed by atoms with E-state index in [-0.39, 0.29) is 4.90 Å². The maximum absolute atomic E-state index is 13.2. The highest BCUT2D eigenvalue weighted by Crippen LogP contribution is 2.39. The highest BCUT2D eigenvalue weighted by molar-refractivity contribution is 7.92. The number of ether oxygens (including phenoxy) is 1. The van der Waals surface area contributed by atoms with Gasteiger partial charge in [-0.05, 0) is 42.3 Å². The Bertz CT molecular complexity index is 1430. The first-order chi connectivity index (χ1) is 16.5. The summed E-state index contributed by atoms with van der Waals surface area (Å²) >= 11 is 0. The molecule has 8 nitrogen and oxygen atoms in total. The lowest BCUT2D eigenvalue weighted by atomic mass is 10.0. The summed E-state index contributed by atoms with van der Waals surface area (Å²) in [5, 5.41) is 4.10. The van der Waals surface area contributed by atoms with Gasteiger partial charge in [0.2, 0.25) is 0 Å². The zero-order valence-electron chi connectivity index (χ0n) is 19.1. The first-order valence-electron chi connectivity index (χ1n) is 11.2. The van der Waals surface area contributed by atoms with Crippen LogP contribution in [-0.4, -0.2) is 51.7 Å². The number of rotatable bonds is 6. The minimum atomic E-state index is -3.77. The summed E-state index contributed by atoms with van der Waals surface area (Å²) in [5.41, 5.74) is 4.70. The van der Waals surface area contributed by atoms with Crippen molar-refractivity contribution in [3.8, 4) is 16.9 Å². The zero-order valence-corrected chi connectivity index (χ0v) is 19.9. The van der Waals surface area contributed by atoms with Crippen LogP contribution in [0.15, 0.2) is 65.8 Å². The molecule has 0 amide bonds. The smallest absolute Gasteiger partial charge is 0.261 e. The number of piperazine rings is 1. The van der Waals surface area contributed by atoms with Crippen LogP contribution in [0.4, 0.5) is 11.4 Å². The fourth-order valence-electron chi connectivity index (χ4n) is 4.30. The number of methoxy groups -OCH3 is 1. The van der Waals surface area contributed by atoms with Gasteiger partial charge in [-0.2, -0.15) is 0 Å². The van der Waals surface area contributed by atoms with E-state index >= 15 is 0 Å². The zero-order chi connectivity index (χ0) is 23.7. The molecule has 0 aliphatic carbocycles. The predicted octanol–water partition coefficient (Wildman–Crippen LogP) is 3.76. The number of pyridine rings is 1. The molecule has 0 radical (unpaired) electrons. The lowest BCUT2D eigenvalue weighted by Gasteiger charge is -2.30. The van der Waals surface area contributed by atoms with Crippen molar-refractivity contribution in [3.05, 3.63) is 66.5 Å². The van der Waals surface area contributed by atoms with E-state index in [4.69, 9.17) is 4.74 Å². The Kier molecular flexibility index (Phi) is 5.89. The molecule has 4 aromatic rings. The number of nitrogens with one attached hydrogen (secondary N) is 3. The molecule has 5 rings (SSSR count). The molecule has 1 aliphatic rings. The van der Waals surface area contributed by atoms with E-state index in [2.05, 4.69) is 31.0 Å². The molecular weight excluding hydrogens is 450 g/mol. The van der Waals surface area contributed by atoms with E-state index in [0.717, 1.165) is 59.7 Å². The molecule has 9 heteroatoms. The van der Waals surface area contributed by atoms with Gasteiger partial charge in [-0.15, -0.1) is 0 Å². The number of anilines is 2. The molecule has 0 unspecified atom stereocenters. The molecular formula is C25H27N5O3S. The molecule has 1 fully saturated rings. The fraction of sp³-hybridized carbons (Fsp3) is 0.240. The van der Waals surface area contributed by atoms with Gasteiger partial charge in [0, 0.05) is 55.9 Å². The Labute approximate surface area is 199 Å². The molecule has 0 atom stereocenters. The lowest BCUT2D eigenvalue weighted by Crippen LogP contribution is -2.43. The molecule has 0 saturated carbocycles. The largest absolute Gasteiger partial charge is 0.497 e. The van der Waals surface area contributed by atoms with Crippen LogP contribution in [0.2, 0.25) is 0 Å². The Balaban J connectivity index is 1.64. The summed E-state index contributed by atoms with van der Waals surface area (Å²) < 4.78 is 34.7. The summed E-state index contributed by atoms with van der Waals surface area (Å²) in [6.45, 7) is 5.51. The second-order valence-electron chi connectivity index (χ2n) is 8.32. The number of hydrogen-bond donors (Lipinski definition) is 3. The Morgan fingerprint density at radius 2 is 1.85 bits per heavy atom. The minimum absolute atomic E-state index is 0.207.